The van der Waals surface area contributed by atoms with Crippen molar-refractivity contribution in [3.05, 3.63) is 59.7 Å². The van der Waals surface area contributed by atoms with Gasteiger partial charge in [-0.05, 0) is 107 Å². The molecule has 0 unspecified atom stereocenters. The maximum absolute atomic E-state index is 13.2. The van der Waals surface area contributed by atoms with E-state index in [2.05, 4.69) is 13.8 Å². The molecule has 274 valence electrons. The zero-order chi connectivity index (χ0) is 36.1. The molecule has 0 aliphatic carbocycles. The number of rotatable bonds is 14. The van der Waals surface area contributed by atoms with Gasteiger partial charge in [0.05, 0.1) is 9.79 Å². The van der Waals surface area contributed by atoms with Crippen molar-refractivity contribution in [2.75, 3.05) is 33.4 Å². The Hall–Kier alpha value is -2.88. The van der Waals surface area contributed by atoms with Crippen molar-refractivity contribution in [3.63, 3.8) is 0 Å². The first kappa shape index (κ1) is 40.5. The van der Waals surface area contributed by atoms with E-state index in [0.717, 1.165) is 62.5 Å². The number of unbranched alkanes of at least 4 members (excludes halogenated alkanes) is 4. The number of hydrogen-bond donors (Lipinski definition) is 4. The van der Waals surface area contributed by atoms with E-state index in [1.165, 1.54) is 5.48 Å². The number of benzene rings is 2. The average molecular weight is 724 g/mol. The summed E-state index contributed by atoms with van der Waals surface area (Å²) >= 11 is 0. The molecule has 2 heterocycles. The Morgan fingerprint density at radius 3 is 1.39 bits per heavy atom. The highest BCUT2D eigenvalue weighted by atomic mass is 32.2. The number of carbonyl (C=O) groups is 2. The molecule has 0 saturated carbocycles. The third-order valence-electron chi connectivity index (χ3n) is 9.76. The van der Waals surface area contributed by atoms with Crippen LogP contribution in [0.4, 0.5) is 0 Å². The molecule has 2 fully saturated rings. The number of nitrogens with zero attached hydrogens (tertiary/aromatic N) is 1. The van der Waals surface area contributed by atoms with Gasteiger partial charge in [0.2, 0.25) is 0 Å². The Bertz CT molecular complexity index is 1560. The van der Waals surface area contributed by atoms with Crippen molar-refractivity contribution < 1.29 is 41.6 Å². The fourth-order valence-electron chi connectivity index (χ4n) is 6.40. The van der Waals surface area contributed by atoms with Crippen molar-refractivity contribution in [3.8, 4) is 0 Å². The van der Waals surface area contributed by atoms with Crippen LogP contribution in [-0.2, 0) is 46.8 Å². The highest BCUT2D eigenvalue weighted by molar-refractivity contribution is 7.94. The second-order valence-electron chi connectivity index (χ2n) is 13.0. The van der Waals surface area contributed by atoms with E-state index in [4.69, 9.17) is 15.2 Å². The van der Waals surface area contributed by atoms with Crippen LogP contribution >= 0.6 is 0 Å². The Morgan fingerprint density at radius 1 is 0.673 bits per heavy atom. The van der Waals surface area contributed by atoms with Gasteiger partial charge >= 0.3 is 0 Å². The van der Waals surface area contributed by atoms with Gasteiger partial charge in [0.15, 0.2) is 29.2 Å². The lowest BCUT2D eigenvalue weighted by atomic mass is 9.95. The molecule has 0 aromatic heterocycles. The summed E-state index contributed by atoms with van der Waals surface area (Å²) < 4.78 is 54.4. The molecule has 2 aromatic carbocycles. The Labute approximate surface area is 291 Å². The molecule has 0 spiro atoms. The third kappa shape index (κ3) is 9.27. The SMILES string of the molecule is CCCCCc1ccc(S(=O)(=O)C2(C(=O)NO)CCN(C)CC2)cc1.CCCCCc1ccc(S(=O)(=O)C2(C(=O)NO)CCOCC2)cc1. The molecule has 2 aromatic rings. The Balaban J connectivity index is 0.000000266. The van der Waals surface area contributed by atoms with Crippen LogP contribution in [0.2, 0.25) is 0 Å². The van der Waals surface area contributed by atoms with E-state index in [1.54, 1.807) is 41.9 Å². The predicted octanol–water partition coefficient (Wildman–Crippen LogP) is 4.41. The topological polar surface area (TPSA) is 179 Å². The smallest absolute Gasteiger partial charge is 0.265 e. The molecule has 2 saturated heterocycles. The number of amides is 2. The third-order valence-corrected chi connectivity index (χ3v) is 14.8. The van der Waals surface area contributed by atoms with Crippen LogP contribution in [0.3, 0.4) is 0 Å². The molecule has 0 radical (unpaired) electrons. The second kappa shape index (κ2) is 18.4. The molecule has 2 aliphatic heterocycles. The molecule has 4 N–H and O–H groups in total. The van der Waals surface area contributed by atoms with Crippen LogP contribution < -0.4 is 11.0 Å². The first-order valence-corrected chi connectivity index (χ1v) is 20.1. The number of hydrogen-bond acceptors (Lipinski definition) is 10. The lowest BCUT2D eigenvalue weighted by molar-refractivity contribution is -0.134. The molecule has 2 amide bonds. The van der Waals surface area contributed by atoms with Gasteiger partial charge in [-0.3, -0.25) is 20.0 Å². The molecule has 0 atom stereocenters. The summed E-state index contributed by atoms with van der Waals surface area (Å²) in [5.41, 5.74) is 5.27. The lowest BCUT2D eigenvalue weighted by Crippen LogP contribution is -2.57. The number of ether oxygens (including phenoxy) is 1. The van der Waals surface area contributed by atoms with Crippen LogP contribution in [0.1, 0.15) is 89.2 Å². The Morgan fingerprint density at radius 2 is 1.04 bits per heavy atom. The number of piperidine rings is 1. The average Bonchev–Trinajstić information content (AvgIpc) is 3.12. The van der Waals surface area contributed by atoms with E-state index < -0.39 is 41.0 Å². The van der Waals surface area contributed by atoms with Gasteiger partial charge in [0.1, 0.15) is 0 Å². The van der Waals surface area contributed by atoms with E-state index in [-0.39, 0.29) is 48.7 Å². The fraction of sp³-hybridized carbons (Fsp3) is 0.600. The van der Waals surface area contributed by atoms with Crippen molar-refractivity contribution in [2.45, 2.75) is 110 Å². The summed E-state index contributed by atoms with van der Waals surface area (Å²) in [6.45, 7) is 5.59. The highest BCUT2D eigenvalue weighted by Crippen LogP contribution is 2.37. The van der Waals surface area contributed by atoms with Crippen LogP contribution in [0, 0.1) is 0 Å². The van der Waals surface area contributed by atoms with Crippen LogP contribution in [0.5, 0.6) is 0 Å². The lowest BCUT2D eigenvalue weighted by Gasteiger charge is -2.38. The van der Waals surface area contributed by atoms with Gasteiger partial charge in [0.25, 0.3) is 11.8 Å². The summed E-state index contributed by atoms with van der Waals surface area (Å²) in [6, 6.07) is 13.5. The van der Waals surface area contributed by atoms with Crippen molar-refractivity contribution in [2.24, 2.45) is 0 Å². The molecule has 0 bridgehead atoms. The molecule has 4 rings (SSSR count). The van der Waals surface area contributed by atoms with Crippen LogP contribution in [-0.4, -0.2) is 86.8 Å². The molecular weight excluding hydrogens is 671 g/mol. The van der Waals surface area contributed by atoms with Crippen molar-refractivity contribution in [1.82, 2.24) is 15.9 Å². The van der Waals surface area contributed by atoms with E-state index in [0.29, 0.717) is 13.1 Å². The summed E-state index contributed by atoms with van der Waals surface area (Å²) in [6.07, 6.45) is 8.90. The summed E-state index contributed by atoms with van der Waals surface area (Å²) in [5.74, 6) is -1.73. The second-order valence-corrected chi connectivity index (χ2v) is 17.5. The van der Waals surface area contributed by atoms with Crippen LogP contribution in [0.25, 0.3) is 0 Å². The van der Waals surface area contributed by atoms with Gasteiger partial charge in [-0.15, -0.1) is 0 Å². The van der Waals surface area contributed by atoms with Crippen LogP contribution in [0.15, 0.2) is 58.3 Å². The first-order chi connectivity index (χ1) is 23.3. The normalized spacial score (nSPS) is 17.7. The summed E-state index contributed by atoms with van der Waals surface area (Å²) in [4.78, 5) is 26.7. The van der Waals surface area contributed by atoms with Gasteiger partial charge in [-0.1, -0.05) is 63.8 Å². The number of nitrogens with one attached hydrogen (secondary N) is 2. The van der Waals surface area contributed by atoms with Crippen molar-refractivity contribution in [1.29, 1.82) is 0 Å². The number of carbonyl (C=O) groups excluding carboxylic acids is 2. The molecular formula is C35H53N3O9S2. The molecule has 12 nitrogen and oxygen atoms in total. The minimum absolute atomic E-state index is 0.0278. The fourth-order valence-corrected chi connectivity index (χ4v) is 10.3. The standard InChI is InChI=1S/C18H28N2O4S.C17H25NO5S/c1-3-4-5-6-15-7-9-16(10-8-15)25(23,24)18(17(21)19-22)11-13-20(2)14-12-18;1-2-3-4-5-14-6-8-15(9-7-14)24(21,22)17(16(19)18-20)10-12-23-13-11-17/h7-10,22H,3-6,11-14H2,1-2H3,(H,19,21);6-9,20H,2-5,10-13H2,1H3,(H,18,19). The minimum Gasteiger partial charge on any atom is -0.381 e. The zero-order valence-electron chi connectivity index (χ0n) is 28.9. The van der Waals surface area contributed by atoms with E-state index in [9.17, 15) is 26.4 Å². The molecule has 2 aliphatic rings. The highest BCUT2D eigenvalue weighted by Gasteiger charge is 2.53. The summed E-state index contributed by atoms with van der Waals surface area (Å²) in [5, 5.41) is 18.1. The van der Waals surface area contributed by atoms with Gasteiger partial charge in [-0.25, -0.2) is 27.8 Å². The predicted molar refractivity (Wildman–Crippen MR) is 186 cm³/mol. The maximum Gasteiger partial charge on any atom is 0.265 e. The quantitative estimate of drug-likeness (QED) is 0.124. The number of sulfone groups is 2. The number of likely N-dealkylation sites (tertiary alicyclic amines) is 1. The first-order valence-electron chi connectivity index (χ1n) is 17.2. The van der Waals surface area contributed by atoms with Crippen molar-refractivity contribution >= 4 is 31.5 Å². The van der Waals surface area contributed by atoms with E-state index in [1.807, 2.05) is 24.1 Å². The van der Waals surface area contributed by atoms with E-state index >= 15 is 0 Å². The van der Waals surface area contributed by atoms with Gasteiger partial charge < -0.3 is 9.64 Å². The largest absolute Gasteiger partial charge is 0.381 e. The maximum atomic E-state index is 13.2. The number of aryl methyl sites for hydroxylation is 2. The van der Waals surface area contributed by atoms with Gasteiger partial charge in [0, 0.05) is 13.2 Å². The minimum atomic E-state index is -3.93. The monoisotopic (exact) mass is 723 g/mol. The number of hydroxylamine groups is 2. The molecule has 14 heteroatoms. The summed E-state index contributed by atoms with van der Waals surface area (Å²) in [7, 11) is -5.94. The molecule has 49 heavy (non-hydrogen) atoms. The zero-order valence-corrected chi connectivity index (χ0v) is 30.6. The Kier molecular flexibility index (Phi) is 15.2. The van der Waals surface area contributed by atoms with Gasteiger partial charge in [-0.2, -0.15) is 0 Å².